The van der Waals surface area contributed by atoms with Crippen LogP contribution in [0.5, 0.6) is 0 Å². The van der Waals surface area contributed by atoms with E-state index in [1.54, 1.807) is 0 Å². The minimum Gasteiger partial charge on any atom is -0.367 e. The van der Waals surface area contributed by atoms with Crippen LogP contribution in [0.2, 0.25) is 0 Å². The molecule has 110 valence electrons. The van der Waals surface area contributed by atoms with Crippen LogP contribution in [-0.4, -0.2) is 12.5 Å². The molecule has 0 saturated carbocycles. The summed E-state index contributed by atoms with van der Waals surface area (Å²) in [5, 5.41) is 2.92. The molecule has 1 amide bonds. The van der Waals surface area contributed by atoms with Crippen LogP contribution in [0.25, 0.3) is 0 Å². The van der Waals surface area contributed by atoms with E-state index in [1.807, 2.05) is 61.5 Å². The lowest BCUT2D eigenvalue weighted by molar-refractivity contribution is -0.126. The first kappa shape index (κ1) is 15.7. The van der Waals surface area contributed by atoms with E-state index in [-0.39, 0.29) is 18.6 Å². The summed E-state index contributed by atoms with van der Waals surface area (Å²) < 4.78 is 6.42. The van der Waals surface area contributed by atoms with Gasteiger partial charge in [0.05, 0.1) is 12.6 Å². The number of amides is 1. The van der Waals surface area contributed by atoms with E-state index in [9.17, 15) is 4.79 Å². The predicted molar refractivity (Wildman–Crippen MR) is 86.8 cm³/mol. The normalized spacial score (nSPS) is 11.9. The maximum atomic E-state index is 11.9. The van der Waals surface area contributed by atoms with Crippen molar-refractivity contribution >= 4 is 21.8 Å². The van der Waals surface area contributed by atoms with E-state index in [1.165, 1.54) is 0 Å². The zero-order valence-corrected chi connectivity index (χ0v) is 13.5. The molecule has 0 heterocycles. The van der Waals surface area contributed by atoms with Crippen molar-refractivity contribution in [2.75, 3.05) is 6.61 Å². The van der Waals surface area contributed by atoms with Gasteiger partial charge in [-0.15, -0.1) is 0 Å². The molecule has 0 fully saturated rings. The standard InChI is InChI=1S/C17H18BrNO2/c1-13(15-8-5-9-16(18)10-15)19-17(20)12-21-11-14-6-3-2-4-7-14/h2-10,13H,11-12H2,1H3,(H,19,20). The fourth-order valence-electron chi connectivity index (χ4n) is 1.98. The minimum atomic E-state index is -0.113. The summed E-state index contributed by atoms with van der Waals surface area (Å²) in [5.41, 5.74) is 2.12. The molecule has 0 aliphatic rings. The molecule has 1 N–H and O–H groups in total. The molecule has 0 aromatic heterocycles. The van der Waals surface area contributed by atoms with E-state index < -0.39 is 0 Å². The van der Waals surface area contributed by atoms with Gasteiger partial charge in [-0.2, -0.15) is 0 Å². The molecule has 2 aromatic rings. The minimum absolute atomic E-state index is 0.0460. The molecule has 2 aromatic carbocycles. The van der Waals surface area contributed by atoms with Crippen molar-refractivity contribution in [1.29, 1.82) is 0 Å². The van der Waals surface area contributed by atoms with Crippen molar-refractivity contribution in [2.45, 2.75) is 19.6 Å². The quantitative estimate of drug-likeness (QED) is 0.861. The zero-order valence-electron chi connectivity index (χ0n) is 11.9. The molecule has 1 atom stereocenters. The second kappa shape index (κ2) is 7.96. The third-order valence-electron chi connectivity index (χ3n) is 3.07. The number of hydrogen-bond donors (Lipinski definition) is 1. The summed E-state index contributed by atoms with van der Waals surface area (Å²) >= 11 is 3.43. The van der Waals surface area contributed by atoms with Gasteiger partial charge in [-0.3, -0.25) is 4.79 Å². The van der Waals surface area contributed by atoms with E-state index in [4.69, 9.17) is 4.74 Å². The fraction of sp³-hybridized carbons (Fsp3) is 0.235. The van der Waals surface area contributed by atoms with Gasteiger partial charge in [0.25, 0.3) is 0 Å². The Morgan fingerprint density at radius 2 is 1.95 bits per heavy atom. The van der Waals surface area contributed by atoms with Crippen molar-refractivity contribution in [2.24, 2.45) is 0 Å². The van der Waals surface area contributed by atoms with Crippen LogP contribution < -0.4 is 5.32 Å². The third kappa shape index (κ3) is 5.33. The number of rotatable bonds is 6. The molecule has 1 unspecified atom stereocenters. The Balaban J connectivity index is 1.76. The molecule has 4 heteroatoms. The second-order valence-electron chi connectivity index (χ2n) is 4.82. The SMILES string of the molecule is CC(NC(=O)COCc1ccccc1)c1cccc(Br)c1. The van der Waals surface area contributed by atoms with Crippen LogP contribution in [0.3, 0.4) is 0 Å². The smallest absolute Gasteiger partial charge is 0.246 e. The summed E-state index contributed by atoms with van der Waals surface area (Å²) in [7, 11) is 0. The molecule has 2 rings (SSSR count). The molecule has 0 bridgehead atoms. The van der Waals surface area contributed by atoms with Crippen LogP contribution in [0.15, 0.2) is 59.1 Å². The summed E-state index contributed by atoms with van der Waals surface area (Å²) in [6.45, 7) is 2.46. The van der Waals surface area contributed by atoms with E-state index >= 15 is 0 Å². The second-order valence-corrected chi connectivity index (χ2v) is 5.74. The monoisotopic (exact) mass is 347 g/mol. The van der Waals surface area contributed by atoms with Crippen molar-refractivity contribution in [3.05, 3.63) is 70.2 Å². The van der Waals surface area contributed by atoms with Gasteiger partial charge >= 0.3 is 0 Å². The lowest BCUT2D eigenvalue weighted by Gasteiger charge is -2.14. The van der Waals surface area contributed by atoms with Gasteiger partial charge in [0.2, 0.25) is 5.91 Å². The van der Waals surface area contributed by atoms with Crippen molar-refractivity contribution in [3.8, 4) is 0 Å². The lowest BCUT2D eigenvalue weighted by Crippen LogP contribution is -2.30. The highest BCUT2D eigenvalue weighted by Crippen LogP contribution is 2.17. The molecule has 0 aliphatic heterocycles. The number of halogens is 1. The number of nitrogens with one attached hydrogen (secondary N) is 1. The molecule has 21 heavy (non-hydrogen) atoms. The summed E-state index contributed by atoms with van der Waals surface area (Å²) in [5.74, 6) is -0.113. The third-order valence-corrected chi connectivity index (χ3v) is 3.56. The first-order valence-corrected chi connectivity index (χ1v) is 7.61. The average Bonchev–Trinajstić information content (AvgIpc) is 2.48. The van der Waals surface area contributed by atoms with Gasteiger partial charge in [0.1, 0.15) is 6.61 Å². The number of hydrogen-bond acceptors (Lipinski definition) is 2. The van der Waals surface area contributed by atoms with E-state index in [0.29, 0.717) is 6.61 Å². The van der Waals surface area contributed by atoms with Crippen LogP contribution in [0.1, 0.15) is 24.1 Å². The highest BCUT2D eigenvalue weighted by Gasteiger charge is 2.09. The first-order chi connectivity index (χ1) is 10.1. The molecule has 0 spiro atoms. The van der Waals surface area contributed by atoms with Crippen LogP contribution in [0.4, 0.5) is 0 Å². The average molecular weight is 348 g/mol. The molecular weight excluding hydrogens is 330 g/mol. The largest absolute Gasteiger partial charge is 0.367 e. The number of ether oxygens (including phenoxy) is 1. The Bertz CT molecular complexity index is 586. The van der Waals surface area contributed by atoms with Gasteiger partial charge in [-0.05, 0) is 30.2 Å². The number of benzene rings is 2. The maximum absolute atomic E-state index is 11.9. The van der Waals surface area contributed by atoms with Gasteiger partial charge < -0.3 is 10.1 Å². The van der Waals surface area contributed by atoms with Gasteiger partial charge in [0, 0.05) is 4.47 Å². The summed E-state index contributed by atoms with van der Waals surface area (Å²) in [4.78, 5) is 11.9. The van der Waals surface area contributed by atoms with Gasteiger partial charge in [-0.1, -0.05) is 58.4 Å². The molecule has 3 nitrogen and oxygen atoms in total. The Morgan fingerprint density at radius 3 is 2.67 bits per heavy atom. The molecule has 0 saturated heterocycles. The Morgan fingerprint density at radius 1 is 1.19 bits per heavy atom. The summed E-state index contributed by atoms with van der Waals surface area (Å²) in [6.07, 6.45) is 0. The van der Waals surface area contributed by atoms with Gasteiger partial charge in [0.15, 0.2) is 0 Å². The van der Waals surface area contributed by atoms with E-state index in [0.717, 1.165) is 15.6 Å². The van der Waals surface area contributed by atoms with Crippen molar-refractivity contribution < 1.29 is 9.53 Å². The molecule has 0 radical (unpaired) electrons. The maximum Gasteiger partial charge on any atom is 0.246 e. The van der Waals surface area contributed by atoms with Gasteiger partial charge in [-0.25, -0.2) is 0 Å². The highest BCUT2D eigenvalue weighted by molar-refractivity contribution is 9.10. The Kier molecular flexibility index (Phi) is 5.96. The van der Waals surface area contributed by atoms with Crippen LogP contribution >= 0.6 is 15.9 Å². The topological polar surface area (TPSA) is 38.3 Å². The number of carbonyl (C=O) groups excluding carboxylic acids is 1. The summed E-state index contributed by atoms with van der Waals surface area (Å²) in [6, 6.07) is 17.7. The van der Waals surface area contributed by atoms with Crippen LogP contribution in [-0.2, 0) is 16.1 Å². The predicted octanol–water partition coefficient (Wildman–Crippen LogP) is 3.84. The Labute approximate surface area is 133 Å². The van der Waals surface area contributed by atoms with E-state index in [2.05, 4.69) is 21.2 Å². The van der Waals surface area contributed by atoms with Crippen LogP contribution in [0, 0.1) is 0 Å². The fourth-order valence-corrected chi connectivity index (χ4v) is 2.40. The highest BCUT2D eigenvalue weighted by atomic mass is 79.9. The lowest BCUT2D eigenvalue weighted by atomic mass is 10.1. The Hall–Kier alpha value is -1.65. The molecule has 0 aliphatic carbocycles. The number of carbonyl (C=O) groups is 1. The molecular formula is C17H18BrNO2. The van der Waals surface area contributed by atoms with Crippen molar-refractivity contribution in [1.82, 2.24) is 5.32 Å². The van der Waals surface area contributed by atoms with Crippen molar-refractivity contribution in [3.63, 3.8) is 0 Å². The zero-order chi connectivity index (χ0) is 15.1. The first-order valence-electron chi connectivity index (χ1n) is 6.81.